The summed E-state index contributed by atoms with van der Waals surface area (Å²) < 4.78 is 6.36. The van der Waals surface area contributed by atoms with Crippen molar-refractivity contribution in [2.24, 2.45) is 5.73 Å². The Bertz CT molecular complexity index is 521. The first kappa shape index (κ1) is 10.3. The van der Waals surface area contributed by atoms with Gasteiger partial charge in [-0.25, -0.2) is 4.79 Å². The smallest absolute Gasteiger partial charge is 0.404 e. The number of amides is 1. The normalized spacial score (nSPS) is 10.5. The Morgan fingerprint density at radius 2 is 2.31 bits per heavy atom. The van der Waals surface area contributed by atoms with Crippen LogP contribution in [0.1, 0.15) is 0 Å². The molecule has 4 N–H and O–H groups in total. The van der Waals surface area contributed by atoms with E-state index in [1.807, 2.05) is 18.2 Å². The van der Waals surface area contributed by atoms with E-state index in [-0.39, 0.29) is 6.61 Å². The topological polar surface area (TPSA) is 96.2 Å². The van der Waals surface area contributed by atoms with Crippen LogP contribution in [-0.4, -0.2) is 22.5 Å². The summed E-state index contributed by atoms with van der Waals surface area (Å²) in [5.74, 6) is 0. The number of hydrogen-bond acceptors (Lipinski definition) is 4. The molecule has 0 bridgehead atoms. The Kier molecular flexibility index (Phi) is 2.63. The lowest BCUT2D eigenvalue weighted by Crippen LogP contribution is -2.17. The lowest BCUT2D eigenvalue weighted by atomic mass is 10.2. The van der Waals surface area contributed by atoms with Crippen LogP contribution in [0, 0.1) is 0 Å². The van der Waals surface area contributed by atoms with E-state index in [0.29, 0.717) is 12.2 Å². The van der Waals surface area contributed by atoms with E-state index in [9.17, 15) is 4.79 Å². The number of rotatable bonds is 3. The third-order valence-corrected chi connectivity index (χ3v) is 2.27. The van der Waals surface area contributed by atoms with Crippen LogP contribution >= 0.6 is 0 Å². The highest BCUT2D eigenvalue weighted by Crippen LogP contribution is 2.19. The zero-order valence-corrected chi connectivity index (χ0v) is 8.59. The zero-order chi connectivity index (χ0) is 11.5. The van der Waals surface area contributed by atoms with Gasteiger partial charge in [-0.05, 0) is 12.1 Å². The Morgan fingerprint density at radius 1 is 1.50 bits per heavy atom. The molecule has 84 valence electrons. The number of benzene rings is 1. The van der Waals surface area contributed by atoms with E-state index in [1.54, 1.807) is 10.9 Å². The summed E-state index contributed by atoms with van der Waals surface area (Å²) >= 11 is 0. The van der Waals surface area contributed by atoms with Crippen LogP contribution in [-0.2, 0) is 11.3 Å². The molecule has 1 heterocycles. The Morgan fingerprint density at radius 3 is 3.06 bits per heavy atom. The predicted octanol–water partition coefficient (Wildman–Crippen LogP) is 0.714. The third-order valence-electron chi connectivity index (χ3n) is 2.27. The molecule has 6 nitrogen and oxygen atoms in total. The number of hydrogen-bond donors (Lipinski definition) is 2. The summed E-state index contributed by atoms with van der Waals surface area (Å²) in [6.45, 7) is 0.650. The van der Waals surface area contributed by atoms with Crippen LogP contribution in [0.5, 0.6) is 0 Å². The van der Waals surface area contributed by atoms with E-state index in [0.717, 1.165) is 10.9 Å². The maximum absolute atomic E-state index is 10.4. The second kappa shape index (κ2) is 4.09. The van der Waals surface area contributed by atoms with Gasteiger partial charge in [0.05, 0.1) is 18.3 Å². The minimum atomic E-state index is -0.782. The number of ether oxygens (including phenoxy) is 1. The van der Waals surface area contributed by atoms with Crippen molar-refractivity contribution < 1.29 is 9.53 Å². The maximum atomic E-state index is 10.4. The number of nitrogens with two attached hydrogens (primary N) is 2. The van der Waals surface area contributed by atoms with Gasteiger partial charge in [-0.1, -0.05) is 6.07 Å². The minimum absolute atomic E-state index is 0.195. The summed E-state index contributed by atoms with van der Waals surface area (Å²) in [4.78, 5) is 10.4. The van der Waals surface area contributed by atoms with Crippen molar-refractivity contribution >= 4 is 22.7 Å². The fraction of sp³-hybridized carbons (Fsp3) is 0.200. The first-order chi connectivity index (χ1) is 7.68. The molecule has 0 unspecified atom stereocenters. The van der Waals surface area contributed by atoms with Crippen molar-refractivity contribution in [2.75, 3.05) is 12.3 Å². The number of fused-ring (bicyclic) bond motifs is 1. The molecule has 1 aromatic heterocycles. The van der Waals surface area contributed by atoms with Crippen molar-refractivity contribution in [3.05, 3.63) is 24.4 Å². The molecule has 0 saturated carbocycles. The summed E-state index contributed by atoms with van der Waals surface area (Å²) in [5, 5.41) is 5.05. The maximum Gasteiger partial charge on any atom is 0.404 e. The van der Waals surface area contributed by atoms with E-state index in [2.05, 4.69) is 9.84 Å². The summed E-state index contributed by atoms with van der Waals surface area (Å²) in [5.41, 5.74) is 12.2. The number of anilines is 1. The Hall–Kier alpha value is -2.24. The monoisotopic (exact) mass is 220 g/mol. The van der Waals surface area contributed by atoms with E-state index in [4.69, 9.17) is 11.5 Å². The highest BCUT2D eigenvalue weighted by Gasteiger charge is 2.04. The van der Waals surface area contributed by atoms with Crippen molar-refractivity contribution in [1.82, 2.24) is 9.78 Å². The molecule has 0 spiro atoms. The molecule has 0 aliphatic heterocycles. The number of nitrogen functional groups attached to an aromatic ring is 1. The molecule has 0 aliphatic carbocycles. The lowest BCUT2D eigenvalue weighted by molar-refractivity contribution is 0.151. The number of carbonyl (C=O) groups excluding carboxylic acids is 1. The van der Waals surface area contributed by atoms with E-state index >= 15 is 0 Å². The van der Waals surface area contributed by atoms with Gasteiger partial charge in [-0.2, -0.15) is 5.10 Å². The molecule has 1 amide bonds. The molecule has 0 radical (unpaired) electrons. The van der Waals surface area contributed by atoms with Crippen molar-refractivity contribution in [2.45, 2.75) is 6.54 Å². The molecule has 2 rings (SSSR count). The van der Waals surface area contributed by atoms with E-state index in [1.165, 1.54) is 0 Å². The standard InChI is InChI=1S/C10H12N4O2/c11-8-2-1-3-9-7(8)6-13-14(9)4-5-16-10(12)15/h1-3,6H,4-5,11H2,(H2,12,15). The summed E-state index contributed by atoms with van der Waals surface area (Å²) in [6.07, 6.45) is 0.908. The summed E-state index contributed by atoms with van der Waals surface area (Å²) in [7, 11) is 0. The molecule has 16 heavy (non-hydrogen) atoms. The average molecular weight is 220 g/mol. The molecule has 0 fully saturated rings. The molecule has 0 aliphatic rings. The van der Waals surface area contributed by atoms with Gasteiger partial charge in [0.15, 0.2) is 0 Å². The number of primary amides is 1. The van der Waals surface area contributed by atoms with Gasteiger partial charge in [-0.15, -0.1) is 0 Å². The molecule has 2 aromatic rings. The van der Waals surface area contributed by atoms with Gasteiger partial charge in [0.1, 0.15) is 6.61 Å². The van der Waals surface area contributed by atoms with Crippen LogP contribution in [0.3, 0.4) is 0 Å². The SMILES string of the molecule is NC(=O)OCCn1ncc2c(N)cccc21. The molecule has 0 saturated heterocycles. The van der Waals surface area contributed by atoms with Gasteiger partial charge < -0.3 is 16.2 Å². The van der Waals surface area contributed by atoms with E-state index < -0.39 is 6.09 Å². The quantitative estimate of drug-likeness (QED) is 0.744. The van der Waals surface area contributed by atoms with Crippen LogP contribution in [0.4, 0.5) is 10.5 Å². The minimum Gasteiger partial charge on any atom is -0.448 e. The molecule has 6 heteroatoms. The number of aromatic nitrogens is 2. The van der Waals surface area contributed by atoms with Crippen LogP contribution in [0.15, 0.2) is 24.4 Å². The highest BCUT2D eigenvalue weighted by molar-refractivity contribution is 5.90. The van der Waals surface area contributed by atoms with Crippen molar-refractivity contribution in [1.29, 1.82) is 0 Å². The molecular formula is C10H12N4O2. The average Bonchev–Trinajstić information content (AvgIpc) is 2.63. The largest absolute Gasteiger partial charge is 0.448 e. The Balaban J connectivity index is 2.19. The fourth-order valence-corrected chi connectivity index (χ4v) is 1.54. The van der Waals surface area contributed by atoms with Gasteiger partial charge in [-0.3, -0.25) is 4.68 Å². The highest BCUT2D eigenvalue weighted by atomic mass is 16.5. The van der Waals surface area contributed by atoms with Crippen molar-refractivity contribution in [3.8, 4) is 0 Å². The fourth-order valence-electron chi connectivity index (χ4n) is 1.54. The van der Waals surface area contributed by atoms with Crippen molar-refractivity contribution in [3.63, 3.8) is 0 Å². The second-order valence-electron chi connectivity index (χ2n) is 3.32. The molecule has 0 atom stereocenters. The summed E-state index contributed by atoms with van der Waals surface area (Å²) in [6, 6.07) is 5.57. The molecular weight excluding hydrogens is 208 g/mol. The third kappa shape index (κ3) is 1.90. The number of nitrogens with zero attached hydrogens (tertiary/aromatic N) is 2. The van der Waals surface area contributed by atoms with Crippen LogP contribution in [0.25, 0.3) is 10.9 Å². The van der Waals surface area contributed by atoms with Crippen LogP contribution in [0.2, 0.25) is 0 Å². The second-order valence-corrected chi connectivity index (χ2v) is 3.32. The number of carbonyl (C=O) groups is 1. The van der Waals surface area contributed by atoms with Crippen LogP contribution < -0.4 is 11.5 Å². The lowest BCUT2D eigenvalue weighted by Gasteiger charge is -2.03. The first-order valence-electron chi connectivity index (χ1n) is 4.80. The molecule has 1 aromatic carbocycles. The predicted molar refractivity (Wildman–Crippen MR) is 59.7 cm³/mol. The zero-order valence-electron chi connectivity index (χ0n) is 8.59. The van der Waals surface area contributed by atoms with Gasteiger partial charge in [0.25, 0.3) is 0 Å². The van der Waals surface area contributed by atoms with Gasteiger partial charge >= 0.3 is 6.09 Å². The van der Waals surface area contributed by atoms with Gasteiger partial charge in [0.2, 0.25) is 0 Å². The Labute approximate surface area is 91.8 Å². The van der Waals surface area contributed by atoms with Gasteiger partial charge in [0, 0.05) is 11.1 Å². The first-order valence-corrected chi connectivity index (χ1v) is 4.80.